The molecular weight excluding hydrogens is 305 g/mol. The van der Waals surface area contributed by atoms with E-state index in [1.807, 2.05) is 6.07 Å². The van der Waals surface area contributed by atoms with Gasteiger partial charge in [-0.1, -0.05) is 43.7 Å². The Hall–Kier alpha value is -0.700. The van der Waals surface area contributed by atoms with Crippen LogP contribution in [0, 0.1) is 6.08 Å². The number of benzene rings is 1. The van der Waals surface area contributed by atoms with Crippen molar-refractivity contribution < 1.29 is 31.9 Å². The minimum atomic E-state index is 0. The molecule has 0 aromatic heterocycles. The first-order valence-corrected chi connectivity index (χ1v) is 6.14. The molecule has 0 bridgehead atoms. The third-order valence-electron chi connectivity index (χ3n) is 3.39. The maximum atomic E-state index is 5.40. The van der Waals surface area contributed by atoms with Crippen LogP contribution in [0.2, 0.25) is 0 Å². The molecule has 1 aromatic rings. The van der Waals surface area contributed by atoms with Gasteiger partial charge in [0.15, 0.2) is 0 Å². The molecule has 0 amide bonds. The van der Waals surface area contributed by atoms with Crippen LogP contribution in [0.3, 0.4) is 0 Å². The Morgan fingerprint density at radius 3 is 2.56 bits per heavy atom. The van der Waals surface area contributed by atoms with Crippen LogP contribution in [-0.2, 0) is 27.1 Å². The van der Waals surface area contributed by atoms with Gasteiger partial charge >= 0.3 is 0 Å². The summed E-state index contributed by atoms with van der Waals surface area (Å²) in [6, 6.07) is 6.22. The maximum absolute atomic E-state index is 5.40. The molecule has 1 fully saturated rings. The SMILES string of the molecule is COC=[C-]c1c(OC)cccc1C1CCCC1.[Nb]. The molecule has 18 heavy (non-hydrogen) atoms. The molecule has 1 saturated carbocycles. The average molecular weight is 324 g/mol. The number of methoxy groups -OCH3 is 2. The predicted octanol–water partition coefficient (Wildman–Crippen LogP) is 3.66. The van der Waals surface area contributed by atoms with Crippen molar-refractivity contribution in [1.29, 1.82) is 0 Å². The molecule has 0 saturated heterocycles. The average Bonchev–Trinajstić information content (AvgIpc) is 2.89. The van der Waals surface area contributed by atoms with Crippen LogP contribution in [0.1, 0.15) is 42.7 Å². The monoisotopic (exact) mass is 324 g/mol. The van der Waals surface area contributed by atoms with Gasteiger partial charge in [-0.15, -0.1) is 23.3 Å². The second kappa shape index (κ2) is 7.67. The standard InChI is InChI=1S/C15H19O2.Nb/c1-16-11-10-14-13(12-6-3-4-7-12)8-5-9-15(14)17-2;/h5,8-9,11-12H,3-4,6-7H2,1-2H3;/q-1;. The minimum Gasteiger partial charge on any atom is -0.554 e. The van der Waals surface area contributed by atoms with E-state index >= 15 is 0 Å². The van der Waals surface area contributed by atoms with Crippen LogP contribution in [0.5, 0.6) is 5.75 Å². The Morgan fingerprint density at radius 2 is 1.94 bits per heavy atom. The van der Waals surface area contributed by atoms with E-state index in [4.69, 9.17) is 9.47 Å². The number of hydrogen-bond acceptors (Lipinski definition) is 2. The van der Waals surface area contributed by atoms with E-state index in [1.165, 1.54) is 31.2 Å². The zero-order valence-corrected chi connectivity index (χ0v) is 13.2. The molecule has 1 aromatic carbocycles. The van der Waals surface area contributed by atoms with E-state index in [0.717, 1.165) is 11.3 Å². The van der Waals surface area contributed by atoms with Gasteiger partial charge in [-0.3, -0.25) is 0 Å². The molecule has 1 aliphatic rings. The van der Waals surface area contributed by atoms with Gasteiger partial charge in [-0.2, -0.15) is 0 Å². The molecule has 0 heterocycles. The van der Waals surface area contributed by atoms with Crippen molar-refractivity contribution >= 4 is 0 Å². The fourth-order valence-electron chi connectivity index (χ4n) is 2.57. The van der Waals surface area contributed by atoms with Crippen molar-refractivity contribution in [2.75, 3.05) is 14.2 Å². The van der Waals surface area contributed by atoms with Crippen molar-refractivity contribution in [3.05, 3.63) is 41.7 Å². The van der Waals surface area contributed by atoms with Gasteiger partial charge in [-0.05, 0) is 0 Å². The first-order chi connectivity index (χ1) is 8.36. The smallest absolute Gasteiger partial charge is 0.0750 e. The summed E-state index contributed by atoms with van der Waals surface area (Å²) in [5.74, 6) is 1.53. The molecule has 3 heteroatoms. The molecule has 2 rings (SSSR count). The summed E-state index contributed by atoms with van der Waals surface area (Å²) in [5.41, 5.74) is 2.39. The first-order valence-electron chi connectivity index (χ1n) is 6.14. The van der Waals surface area contributed by atoms with Crippen molar-refractivity contribution in [2.24, 2.45) is 0 Å². The van der Waals surface area contributed by atoms with Crippen LogP contribution in [0.25, 0.3) is 0 Å². The molecule has 0 unspecified atom stereocenters. The van der Waals surface area contributed by atoms with Gasteiger partial charge in [-0.25, -0.2) is 0 Å². The molecule has 0 spiro atoms. The summed E-state index contributed by atoms with van der Waals surface area (Å²) >= 11 is 0. The Bertz CT molecular complexity index is 395. The fraction of sp³-hybridized carbons (Fsp3) is 0.467. The normalized spacial score (nSPS) is 15.7. The molecule has 1 aliphatic carbocycles. The molecule has 0 atom stereocenters. The summed E-state index contributed by atoms with van der Waals surface area (Å²) < 4.78 is 10.4. The molecule has 2 nitrogen and oxygen atoms in total. The largest absolute Gasteiger partial charge is 0.554 e. The van der Waals surface area contributed by atoms with Crippen molar-refractivity contribution in [1.82, 2.24) is 0 Å². The van der Waals surface area contributed by atoms with Gasteiger partial charge in [0.25, 0.3) is 0 Å². The van der Waals surface area contributed by atoms with E-state index in [0.29, 0.717) is 5.92 Å². The van der Waals surface area contributed by atoms with E-state index in [2.05, 4.69) is 18.2 Å². The predicted molar refractivity (Wildman–Crippen MR) is 68.1 cm³/mol. The van der Waals surface area contributed by atoms with Crippen LogP contribution in [-0.4, -0.2) is 14.2 Å². The van der Waals surface area contributed by atoms with Crippen LogP contribution < -0.4 is 4.74 Å². The zero-order valence-electron chi connectivity index (χ0n) is 11.0. The molecule has 0 aliphatic heterocycles. The maximum Gasteiger partial charge on any atom is 0.0750 e. The Morgan fingerprint density at radius 1 is 1.22 bits per heavy atom. The van der Waals surface area contributed by atoms with E-state index < -0.39 is 0 Å². The van der Waals surface area contributed by atoms with Gasteiger partial charge in [0, 0.05) is 34.4 Å². The number of hydrogen-bond donors (Lipinski definition) is 0. The van der Waals surface area contributed by atoms with Crippen LogP contribution in [0.4, 0.5) is 0 Å². The Labute approximate surface area is 125 Å². The summed E-state index contributed by atoms with van der Waals surface area (Å²) in [5, 5.41) is 0. The van der Waals surface area contributed by atoms with Gasteiger partial charge in [0.05, 0.1) is 14.2 Å². The second-order valence-corrected chi connectivity index (χ2v) is 4.40. The van der Waals surface area contributed by atoms with E-state index in [1.54, 1.807) is 20.5 Å². The van der Waals surface area contributed by atoms with Crippen molar-refractivity contribution in [3.63, 3.8) is 0 Å². The van der Waals surface area contributed by atoms with Crippen molar-refractivity contribution in [3.8, 4) is 5.75 Å². The summed E-state index contributed by atoms with van der Waals surface area (Å²) in [4.78, 5) is 0. The zero-order chi connectivity index (χ0) is 12.1. The topological polar surface area (TPSA) is 18.5 Å². The van der Waals surface area contributed by atoms with E-state index in [-0.39, 0.29) is 22.4 Å². The minimum absolute atomic E-state index is 0. The summed E-state index contributed by atoms with van der Waals surface area (Å²) in [6.07, 6.45) is 9.98. The Kier molecular flexibility index (Phi) is 6.55. The van der Waals surface area contributed by atoms with Gasteiger partial charge < -0.3 is 9.47 Å². The first kappa shape index (κ1) is 15.4. The summed E-state index contributed by atoms with van der Waals surface area (Å²) in [6.45, 7) is 0. The quantitative estimate of drug-likeness (QED) is 0.478. The van der Waals surface area contributed by atoms with Gasteiger partial charge in [0.2, 0.25) is 0 Å². The number of ether oxygens (including phenoxy) is 2. The van der Waals surface area contributed by atoms with E-state index in [9.17, 15) is 0 Å². The number of rotatable bonds is 4. The van der Waals surface area contributed by atoms with Crippen LogP contribution in [0.15, 0.2) is 24.5 Å². The molecule has 0 N–H and O–H groups in total. The third kappa shape index (κ3) is 3.41. The molecular formula is C15H19NbO2-. The second-order valence-electron chi connectivity index (χ2n) is 4.40. The summed E-state index contributed by atoms with van der Waals surface area (Å²) in [7, 11) is 3.34. The molecule has 1 radical (unpaired) electrons. The fourth-order valence-corrected chi connectivity index (χ4v) is 2.57. The van der Waals surface area contributed by atoms with Crippen LogP contribution >= 0.6 is 0 Å². The third-order valence-corrected chi connectivity index (χ3v) is 3.39. The van der Waals surface area contributed by atoms with Crippen molar-refractivity contribution in [2.45, 2.75) is 31.6 Å². The molecule has 97 valence electrons. The van der Waals surface area contributed by atoms with Gasteiger partial charge in [0.1, 0.15) is 0 Å². The Balaban J connectivity index is 0.00000162.